The van der Waals surface area contributed by atoms with Gasteiger partial charge in [0.15, 0.2) is 5.13 Å². The van der Waals surface area contributed by atoms with Crippen molar-refractivity contribution in [2.45, 2.75) is 6.42 Å². The van der Waals surface area contributed by atoms with Crippen molar-refractivity contribution >= 4 is 28.5 Å². The molecule has 1 rings (SSSR count). The molecular formula is C10H13N3O3S. The standard InChI is InChI=1S/C10H13N3O3S/c1-3-4-11-8(14)5-7-6-17-9(12-7)13-10(15)16-2/h3,6H,1,4-5H2,2H3,(H,11,14)(H,12,13,15). The van der Waals surface area contributed by atoms with Crippen LogP contribution in [0.1, 0.15) is 5.69 Å². The molecule has 0 radical (unpaired) electrons. The lowest BCUT2D eigenvalue weighted by atomic mass is 10.3. The van der Waals surface area contributed by atoms with Gasteiger partial charge in [-0.15, -0.1) is 17.9 Å². The second-order valence-electron chi connectivity index (χ2n) is 3.03. The number of hydrogen-bond acceptors (Lipinski definition) is 5. The third-order valence-corrected chi connectivity index (χ3v) is 2.54. The summed E-state index contributed by atoms with van der Waals surface area (Å²) >= 11 is 1.24. The molecular weight excluding hydrogens is 242 g/mol. The summed E-state index contributed by atoms with van der Waals surface area (Å²) in [6.07, 6.45) is 1.19. The molecule has 1 aromatic rings. The lowest BCUT2D eigenvalue weighted by Crippen LogP contribution is -2.25. The summed E-state index contributed by atoms with van der Waals surface area (Å²) < 4.78 is 4.42. The number of carbonyl (C=O) groups is 2. The van der Waals surface area contributed by atoms with Crippen molar-refractivity contribution in [2.24, 2.45) is 0 Å². The number of aromatic nitrogens is 1. The highest BCUT2D eigenvalue weighted by Gasteiger charge is 2.08. The van der Waals surface area contributed by atoms with Crippen molar-refractivity contribution in [3.05, 3.63) is 23.7 Å². The first-order chi connectivity index (χ1) is 8.15. The minimum absolute atomic E-state index is 0.139. The molecule has 0 saturated carbocycles. The van der Waals surface area contributed by atoms with E-state index in [2.05, 4.69) is 26.9 Å². The Labute approximate surface area is 103 Å². The molecule has 0 aromatic carbocycles. The third kappa shape index (κ3) is 4.64. The van der Waals surface area contributed by atoms with Crippen LogP contribution in [0.15, 0.2) is 18.0 Å². The second-order valence-corrected chi connectivity index (χ2v) is 3.89. The average molecular weight is 255 g/mol. The average Bonchev–Trinajstić information content (AvgIpc) is 2.73. The number of methoxy groups -OCH3 is 1. The Hall–Kier alpha value is -1.89. The zero-order valence-electron chi connectivity index (χ0n) is 9.36. The predicted molar refractivity (Wildman–Crippen MR) is 65.1 cm³/mol. The Morgan fingerprint density at radius 3 is 3.06 bits per heavy atom. The van der Waals surface area contributed by atoms with Crippen LogP contribution in [0.5, 0.6) is 0 Å². The zero-order chi connectivity index (χ0) is 12.7. The quantitative estimate of drug-likeness (QED) is 0.774. The van der Waals surface area contributed by atoms with Crippen LogP contribution >= 0.6 is 11.3 Å². The molecule has 2 amide bonds. The van der Waals surface area contributed by atoms with Gasteiger partial charge >= 0.3 is 6.09 Å². The molecule has 0 aliphatic carbocycles. The molecule has 17 heavy (non-hydrogen) atoms. The van der Waals surface area contributed by atoms with E-state index in [0.717, 1.165) is 0 Å². The van der Waals surface area contributed by atoms with Gasteiger partial charge in [0.2, 0.25) is 5.91 Å². The molecule has 2 N–H and O–H groups in total. The van der Waals surface area contributed by atoms with Crippen LogP contribution in [0.2, 0.25) is 0 Å². The Balaban J connectivity index is 2.47. The first kappa shape index (κ1) is 13.2. The molecule has 1 aromatic heterocycles. The lowest BCUT2D eigenvalue weighted by Gasteiger charge is -1.99. The van der Waals surface area contributed by atoms with E-state index < -0.39 is 6.09 Å². The molecule has 7 heteroatoms. The summed E-state index contributed by atoms with van der Waals surface area (Å²) in [5.41, 5.74) is 0.600. The number of hydrogen-bond donors (Lipinski definition) is 2. The van der Waals surface area contributed by atoms with Crippen LogP contribution in [-0.4, -0.2) is 30.6 Å². The highest BCUT2D eigenvalue weighted by atomic mass is 32.1. The summed E-state index contributed by atoms with van der Waals surface area (Å²) in [6.45, 7) is 3.92. The van der Waals surface area contributed by atoms with Gasteiger partial charge in [-0.25, -0.2) is 9.78 Å². The highest BCUT2D eigenvalue weighted by molar-refractivity contribution is 7.13. The fourth-order valence-corrected chi connectivity index (χ4v) is 1.69. The Morgan fingerprint density at radius 1 is 1.65 bits per heavy atom. The number of amides is 2. The van der Waals surface area contributed by atoms with Crippen LogP contribution in [0.4, 0.5) is 9.93 Å². The van der Waals surface area contributed by atoms with Gasteiger partial charge in [-0.2, -0.15) is 0 Å². The first-order valence-electron chi connectivity index (χ1n) is 4.82. The smallest absolute Gasteiger partial charge is 0.413 e. The first-order valence-corrected chi connectivity index (χ1v) is 5.70. The van der Waals surface area contributed by atoms with Crippen LogP contribution < -0.4 is 10.6 Å². The van der Waals surface area contributed by atoms with Crippen molar-refractivity contribution in [3.8, 4) is 0 Å². The summed E-state index contributed by atoms with van der Waals surface area (Å²) in [5, 5.41) is 7.18. The number of nitrogens with zero attached hydrogens (tertiary/aromatic N) is 1. The van der Waals surface area contributed by atoms with Gasteiger partial charge in [0.25, 0.3) is 0 Å². The zero-order valence-corrected chi connectivity index (χ0v) is 10.2. The minimum Gasteiger partial charge on any atom is -0.453 e. The summed E-state index contributed by atoms with van der Waals surface area (Å²) in [5.74, 6) is -0.139. The number of ether oxygens (including phenoxy) is 1. The second kappa shape index (κ2) is 6.64. The molecule has 92 valence electrons. The molecule has 6 nitrogen and oxygen atoms in total. The fourth-order valence-electron chi connectivity index (χ4n) is 0.997. The van der Waals surface area contributed by atoms with E-state index in [1.54, 1.807) is 11.5 Å². The van der Waals surface area contributed by atoms with Crippen LogP contribution in [-0.2, 0) is 16.0 Å². The maximum absolute atomic E-state index is 11.4. The van der Waals surface area contributed by atoms with Gasteiger partial charge < -0.3 is 10.1 Å². The number of nitrogens with one attached hydrogen (secondary N) is 2. The Kier molecular flexibility index (Phi) is 5.15. The van der Waals surface area contributed by atoms with E-state index in [1.165, 1.54) is 18.4 Å². The topological polar surface area (TPSA) is 80.3 Å². The van der Waals surface area contributed by atoms with Crippen molar-refractivity contribution < 1.29 is 14.3 Å². The van der Waals surface area contributed by atoms with E-state index in [0.29, 0.717) is 17.4 Å². The number of anilines is 1. The molecule has 0 spiro atoms. The minimum atomic E-state index is -0.581. The highest BCUT2D eigenvalue weighted by Crippen LogP contribution is 2.15. The van der Waals surface area contributed by atoms with E-state index in [1.807, 2.05) is 0 Å². The third-order valence-electron chi connectivity index (χ3n) is 1.73. The van der Waals surface area contributed by atoms with Gasteiger partial charge in [-0.05, 0) is 0 Å². The monoisotopic (exact) mass is 255 g/mol. The van der Waals surface area contributed by atoms with Crippen molar-refractivity contribution in [2.75, 3.05) is 19.0 Å². The van der Waals surface area contributed by atoms with Crippen molar-refractivity contribution in [1.82, 2.24) is 10.3 Å². The van der Waals surface area contributed by atoms with E-state index >= 15 is 0 Å². The predicted octanol–water partition coefficient (Wildman–Crippen LogP) is 1.17. The number of rotatable bonds is 5. The van der Waals surface area contributed by atoms with Gasteiger partial charge in [0, 0.05) is 11.9 Å². The number of thiazole rings is 1. The van der Waals surface area contributed by atoms with E-state index in [-0.39, 0.29) is 12.3 Å². The lowest BCUT2D eigenvalue weighted by molar-refractivity contribution is -0.120. The van der Waals surface area contributed by atoms with Gasteiger partial charge in [0.1, 0.15) is 0 Å². The van der Waals surface area contributed by atoms with Crippen molar-refractivity contribution in [3.63, 3.8) is 0 Å². The number of carbonyl (C=O) groups excluding carboxylic acids is 2. The van der Waals surface area contributed by atoms with E-state index in [4.69, 9.17) is 0 Å². The SMILES string of the molecule is C=CCNC(=O)Cc1csc(NC(=O)OC)n1. The van der Waals surface area contributed by atoms with Gasteiger partial charge in [-0.1, -0.05) is 6.08 Å². The molecule has 0 fully saturated rings. The molecule has 0 aliphatic heterocycles. The normalized spacial score (nSPS) is 9.47. The molecule has 0 aliphatic rings. The van der Waals surface area contributed by atoms with E-state index in [9.17, 15) is 9.59 Å². The van der Waals surface area contributed by atoms with Crippen LogP contribution in [0.25, 0.3) is 0 Å². The van der Waals surface area contributed by atoms with Gasteiger partial charge in [-0.3, -0.25) is 10.1 Å². The Morgan fingerprint density at radius 2 is 2.41 bits per heavy atom. The van der Waals surface area contributed by atoms with Gasteiger partial charge in [0.05, 0.1) is 19.2 Å². The molecule has 0 unspecified atom stereocenters. The van der Waals surface area contributed by atoms with Crippen LogP contribution in [0, 0.1) is 0 Å². The Bertz CT molecular complexity index is 417. The summed E-state index contributed by atoms with van der Waals surface area (Å²) in [6, 6.07) is 0. The summed E-state index contributed by atoms with van der Waals surface area (Å²) in [4.78, 5) is 26.3. The largest absolute Gasteiger partial charge is 0.453 e. The molecule has 1 heterocycles. The molecule has 0 bridgehead atoms. The summed E-state index contributed by atoms with van der Waals surface area (Å²) in [7, 11) is 1.27. The molecule has 0 atom stereocenters. The maximum Gasteiger partial charge on any atom is 0.413 e. The molecule has 0 saturated heterocycles. The maximum atomic E-state index is 11.4. The van der Waals surface area contributed by atoms with Crippen molar-refractivity contribution in [1.29, 1.82) is 0 Å². The van der Waals surface area contributed by atoms with Crippen LogP contribution in [0.3, 0.4) is 0 Å². The fraction of sp³-hybridized carbons (Fsp3) is 0.300.